The van der Waals surface area contributed by atoms with E-state index in [0.717, 1.165) is 47.5 Å². The molecular weight excluding hydrogens is 424 g/mol. The summed E-state index contributed by atoms with van der Waals surface area (Å²) in [5.74, 6) is 1.90. The van der Waals surface area contributed by atoms with E-state index < -0.39 is 0 Å². The molecule has 1 aromatic carbocycles. The maximum Gasteiger partial charge on any atom is 0.227 e. The summed E-state index contributed by atoms with van der Waals surface area (Å²) >= 11 is 1.71. The Hall–Kier alpha value is -3.33. The number of aromatic nitrogens is 4. The lowest BCUT2D eigenvalue weighted by Gasteiger charge is -2.32. The molecule has 1 N–H and O–H groups in total. The molecule has 0 spiro atoms. The Balaban J connectivity index is 1.29. The molecule has 0 atom stereocenters. The Morgan fingerprint density at radius 2 is 1.94 bits per heavy atom. The van der Waals surface area contributed by atoms with Crippen molar-refractivity contribution in [3.8, 4) is 11.4 Å². The number of carbonyl (C=O) groups excluding carboxylic acids is 1. The number of fused-ring (bicyclic) bond motifs is 1. The van der Waals surface area contributed by atoms with Gasteiger partial charge in [-0.3, -0.25) is 4.79 Å². The standard InChI is InChI=1S/C23H24N6O2S/c1-13-14(2)32-23-19(13)21(24-12-25-23)29-10-8-16(9-11-29)22(30)27-18-7-5-4-6-17(18)20-26-15(3)31-28-20/h4-7,12,16H,8-11H2,1-3H3,(H,27,30). The van der Waals surface area contributed by atoms with Crippen molar-refractivity contribution < 1.29 is 9.32 Å². The molecule has 5 rings (SSSR count). The fourth-order valence-electron chi connectivity index (χ4n) is 4.19. The van der Waals surface area contributed by atoms with Gasteiger partial charge in [-0.15, -0.1) is 11.3 Å². The minimum absolute atomic E-state index is 0.0210. The number of benzene rings is 1. The monoisotopic (exact) mass is 448 g/mol. The number of hydrogen-bond acceptors (Lipinski definition) is 8. The van der Waals surface area contributed by atoms with E-state index in [9.17, 15) is 4.79 Å². The molecule has 0 radical (unpaired) electrons. The minimum Gasteiger partial charge on any atom is -0.356 e. The molecule has 1 fully saturated rings. The van der Waals surface area contributed by atoms with Gasteiger partial charge in [-0.05, 0) is 44.4 Å². The van der Waals surface area contributed by atoms with Crippen LogP contribution in [0.2, 0.25) is 0 Å². The number of carbonyl (C=O) groups is 1. The van der Waals surface area contributed by atoms with Crippen LogP contribution in [0.3, 0.4) is 0 Å². The molecule has 4 heterocycles. The molecule has 1 amide bonds. The van der Waals surface area contributed by atoms with Crippen molar-refractivity contribution in [1.82, 2.24) is 20.1 Å². The zero-order chi connectivity index (χ0) is 22.2. The summed E-state index contributed by atoms with van der Waals surface area (Å²) in [6.45, 7) is 7.56. The number of hydrogen-bond donors (Lipinski definition) is 1. The second kappa shape index (κ2) is 8.31. The van der Waals surface area contributed by atoms with Crippen molar-refractivity contribution in [2.75, 3.05) is 23.3 Å². The molecule has 1 saturated heterocycles. The lowest BCUT2D eigenvalue weighted by atomic mass is 9.95. The van der Waals surface area contributed by atoms with Gasteiger partial charge in [-0.1, -0.05) is 17.3 Å². The van der Waals surface area contributed by atoms with Gasteiger partial charge >= 0.3 is 0 Å². The largest absolute Gasteiger partial charge is 0.356 e. The number of nitrogens with zero attached hydrogens (tertiary/aromatic N) is 5. The van der Waals surface area contributed by atoms with E-state index in [1.165, 1.54) is 10.4 Å². The van der Waals surface area contributed by atoms with Gasteiger partial charge in [0.05, 0.1) is 11.1 Å². The summed E-state index contributed by atoms with van der Waals surface area (Å²) in [5.41, 5.74) is 2.69. The van der Waals surface area contributed by atoms with E-state index in [2.05, 4.69) is 44.2 Å². The fourth-order valence-corrected chi connectivity index (χ4v) is 5.18. The minimum atomic E-state index is -0.0612. The molecule has 164 valence electrons. The number of anilines is 2. The molecule has 0 saturated carbocycles. The number of nitrogens with one attached hydrogen (secondary N) is 1. The van der Waals surface area contributed by atoms with Gasteiger partial charge in [0, 0.05) is 36.4 Å². The van der Waals surface area contributed by atoms with Crippen LogP contribution in [0.1, 0.15) is 29.2 Å². The van der Waals surface area contributed by atoms with Crippen LogP contribution in [0, 0.1) is 26.7 Å². The molecule has 0 aliphatic carbocycles. The Bertz CT molecular complexity index is 1290. The summed E-state index contributed by atoms with van der Waals surface area (Å²) in [6.07, 6.45) is 3.17. The molecule has 1 aliphatic rings. The lowest BCUT2D eigenvalue weighted by Crippen LogP contribution is -2.38. The summed E-state index contributed by atoms with van der Waals surface area (Å²) < 4.78 is 5.10. The zero-order valence-electron chi connectivity index (χ0n) is 18.3. The molecule has 8 nitrogen and oxygen atoms in total. The fraction of sp³-hybridized carbons (Fsp3) is 0.348. The Kier molecular flexibility index (Phi) is 5.34. The summed E-state index contributed by atoms with van der Waals surface area (Å²) in [6, 6.07) is 7.54. The Labute approximate surface area is 189 Å². The summed E-state index contributed by atoms with van der Waals surface area (Å²) in [7, 11) is 0. The van der Waals surface area contributed by atoms with Crippen LogP contribution >= 0.6 is 11.3 Å². The van der Waals surface area contributed by atoms with Crippen molar-refractivity contribution in [3.63, 3.8) is 0 Å². The van der Waals surface area contributed by atoms with E-state index in [4.69, 9.17) is 4.52 Å². The number of amides is 1. The number of aryl methyl sites for hydroxylation is 3. The molecule has 1 aliphatic heterocycles. The second-order valence-corrected chi connectivity index (χ2v) is 9.30. The van der Waals surface area contributed by atoms with Gasteiger partial charge < -0.3 is 14.7 Å². The van der Waals surface area contributed by atoms with E-state index >= 15 is 0 Å². The highest BCUT2D eigenvalue weighted by Crippen LogP contribution is 2.36. The maximum atomic E-state index is 13.1. The third-order valence-corrected chi connectivity index (χ3v) is 7.18. The van der Waals surface area contributed by atoms with Gasteiger partial charge in [0.1, 0.15) is 17.0 Å². The predicted molar refractivity (Wildman–Crippen MR) is 125 cm³/mol. The predicted octanol–water partition coefficient (Wildman–Crippen LogP) is 4.52. The average Bonchev–Trinajstić information content (AvgIpc) is 3.37. The zero-order valence-corrected chi connectivity index (χ0v) is 19.1. The van der Waals surface area contributed by atoms with Gasteiger partial charge in [0.2, 0.25) is 17.6 Å². The van der Waals surface area contributed by atoms with E-state index in [-0.39, 0.29) is 11.8 Å². The smallest absolute Gasteiger partial charge is 0.227 e. The first kappa shape index (κ1) is 20.6. The highest BCUT2D eigenvalue weighted by atomic mass is 32.1. The van der Waals surface area contributed by atoms with E-state index in [0.29, 0.717) is 17.4 Å². The first-order valence-electron chi connectivity index (χ1n) is 10.7. The normalized spacial score (nSPS) is 14.8. The van der Waals surface area contributed by atoms with Crippen LogP contribution < -0.4 is 10.2 Å². The summed E-state index contributed by atoms with van der Waals surface area (Å²) in [5, 5.41) is 8.21. The van der Waals surface area contributed by atoms with Crippen molar-refractivity contribution in [1.29, 1.82) is 0 Å². The van der Waals surface area contributed by atoms with Gasteiger partial charge in [-0.25, -0.2) is 9.97 Å². The topological polar surface area (TPSA) is 97.0 Å². The first-order valence-corrected chi connectivity index (χ1v) is 11.5. The molecule has 0 unspecified atom stereocenters. The van der Waals surface area contributed by atoms with E-state index in [1.807, 2.05) is 24.3 Å². The molecule has 32 heavy (non-hydrogen) atoms. The van der Waals surface area contributed by atoms with Crippen molar-refractivity contribution >= 4 is 39.0 Å². The van der Waals surface area contributed by atoms with Crippen LogP contribution in [0.25, 0.3) is 21.6 Å². The lowest BCUT2D eigenvalue weighted by molar-refractivity contribution is -0.120. The van der Waals surface area contributed by atoms with Crippen LogP contribution in [0.5, 0.6) is 0 Å². The highest BCUT2D eigenvalue weighted by Gasteiger charge is 2.28. The highest BCUT2D eigenvalue weighted by molar-refractivity contribution is 7.18. The van der Waals surface area contributed by atoms with Crippen LogP contribution in [0.4, 0.5) is 11.5 Å². The summed E-state index contributed by atoms with van der Waals surface area (Å²) in [4.78, 5) is 31.0. The SMILES string of the molecule is Cc1nc(-c2ccccc2NC(=O)C2CCN(c3ncnc4sc(C)c(C)c34)CC2)no1. The molecule has 9 heteroatoms. The van der Waals surface area contributed by atoms with Gasteiger partial charge in [-0.2, -0.15) is 4.98 Å². The Morgan fingerprint density at radius 3 is 2.69 bits per heavy atom. The van der Waals surface area contributed by atoms with Crippen molar-refractivity contribution in [2.24, 2.45) is 5.92 Å². The second-order valence-electron chi connectivity index (χ2n) is 8.09. The third-order valence-electron chi connectivity index (χ3n) is 6.06. The van der Waals surface area contributed by atoms with E-state index in [1.54, 1.807) is 24.6 Å². The number of para-hydroxylation sites is 1. The quantitative estimate of drug-likeness (QED) is 0.490. The van der Waals surface area contributed by atoms with Crippen LogP contribution in [-0.2, 0) is 4.79 Å². The van der Waals surface area contributed by atoms with Crippen LogP contribution in [0.15, 0.2) is 35.1 Å². The maximum absolute atomic E-state index is 13.1. The number of piperidine rings is 1. The third kappa shape index (κ3) is 3.73. The molecular formula is C23H24N6O2S. The molecule has 0 bridgehead atoms. The van der Waals surface area contributed by atoms with Crippen molar-refractivity contribution in [2.45, 2.75) is 33.6 Å². The van der Waals surface area contributed by atoms with Gasteiger partial charge in [0.25, 0.3) is 0 Å². The molecule has 3 aromatic heterocycles. The van der Waals surface area contributed by atoms with Gasteiger partial charge in [0.15, 0.2) is 0 Å². The molecule has 4 aromatic rings. The number of thiophene rings is 1. The van der Waals surface area contributed by atoms with Crippen LogP contribution in [-0.4, -0.2) is 39.1 Å². The number of rotatable bonds is 4. The Morgan fingerprint density at radius 1 is 1.16 bits per heavy atom. The van der Waals surface area contributed by atoms with Crippen molar-refractivity contribution in [3.05, 3.63) is 46.9 Å². The average molecular weight is 449 g/mol. The first-order chi connectivity index (χ1) is 15.5.